The minimum Gasteiger partial charge on any atom is -0.380 e. The van der Waals surface area contributed by atoms with Crippen LogP contribution in [0.15, 0.2) is 12.3 Å². The molecule has 6 nitrogen and oxygen atoms in total. The number of nitrogens with zero attached hydrogens (tertiary/aromatic N) is 2. The van der Waals surface area contributed by atoms with Gasteiger partial charge in [-0.2, -0.15) is 5.10 Å². The fraction of sp³-hybridized carbons (Fsp3) is 0.727. The van der Waals surface area contributed by atoms with Gasteiger partial charge in [0.05, 0.1) is 18.3 Å². The van der Waals surface area contributed by atoms with Gasteiger partial charge in [0.15, 0.2) is 0 Å². The van der Waals surface area contributed by atoms with E-state index >= 15 is 0 Å². The van der Waals surface area contributed by atoms with Crippen LogP contribution >= 0.6 is 0 Å². The number of nitrogens with two attached hydrogens (primary N) is 1. The van der Waals surface area contributed by atoms with Gasteiger partial charge in [0.25, 0.3) is 0 Å². The summed E-state index contributed by atoms with van der Waals surface area (Å²) in [6, 6.07) is 2.47. The van der Waals surface area contributed by atoms with Gasteiger partial charge >= 0.3 is 0 Å². The van der Waals surface area contributed by atoms with E-state index in [0.717, 1.165) is 31.9 Å². The number of rotatable bonds is 7. The minimum absolute atomic E-state index is 0.155. The van der Waals surface area contributed by atoms with Crippen LogP contribution in [0, 0.1) is 0 Å². The molecule has 1 saturated heterocycles. The van der Waals surface area contributed by atoms with Crippen LogP contribution in [0.25, 0.3) is 0 Å². The molecule has 0 radical (unpaired) electrons. The standard InChI is InChI=1S/C11H21N5O/c1-17-10(2-4-12)8-14-11-3-5-15-16(11)9-6-13-7-9/h3,5,9-10,13-14H,2,4,6-8,12H2,1H3. The van der Waals surface area contributed by atoms with Crippen molar-refractivity contribution < 1.29 is 4.74 Å². The van der Waals surface area contributed by atoms with Crippen molar-refractivity contribution in [3.05, 3.63) is 12.3 Å². The lowest BCUT2D eigenvalue weighted by atomic mass is 10.2. The molecule has 6 heteroatoms. The van der Waals surface area contributed by atoms with Crippen LogP contribution in [0.5, 0.6) is 0 Å². The molecule has 0 saturated carbocycles. The first kappa shape index (κ1) is 12.3. The Morgan fingerprint density at radius 3 is 3.12 bits per heavy atom. The Balaban J connectivity index is 1.87. The maximum absolute atomic E-state index is 5.53. The van der Waals surface area contributed by atoms with Crippen molar-refractivity contribution >= 4 is 5.82 Å². The third-order valence-corrected chi connectivity index (χ3v) is 3.11. The molecule has 17 heavy (non-hydrogen) atoms. The lowest BCUT2D eigenvalue weighted by Crippen LogP contribution is -2.44. The third-order valence-electron chi connectivity index (χ3n) is 3.11. The van der Waals surface area contributed by atoms with Crippen LogP contribution in [0.4, 0.5) is 5.82 Å². The van der Waals surface area contributed by atoms with Gasteiger partial charge < -0.3 is 21.1 Å². The average molecular weight is 239 g/mol. The largest absolute Gasteiger partial charge is 0.380 e. The van der Waals surface area contributed by atoms with Crippen molar-refractivity contribution in [2.24, 2.45) is 5.73 Å². The Hall–Kier alpha value is -1.11. The van der Waals surface area contributed by atoms with E-state index in [1.165, 1.54) is 0 Å². The van der Waals surface area contributed by atoms with Gasteiger partial charge in [-0.25, -0.2) is 4.68 Å². The first-order valence-electron chi connectivity index (χ1n) is 6.06. The number of anilines is 1. The monoisotopic (exact) mass is 239 g/mol. The van der Waals surface area contributed by atoms with E-state index in [0.29, 0.717) is 12.6 Å². The molecule has 1 unspecified atom stereocenters. The highest BCUT2D eigenvalue weighted by Gasteiger charge is 2.21. The van der Waals surface area contributed by atoms with E-state index in [9.17, 15) is 0 Å². The maximum atomic E-state index is 5.53. The quantitative estimate of drug-likeness (QED) is 0.614. The van der Waals surface area contributed by atoms with Crippen molar-refractivity contribution in [3.8, 4) is 0 Å². The predicted molar refractivity (Wildman–Crippen MR) is 67.1 cm³/mol. The molecule has 1 atom stereocenters. The molecule has 96 valence electrons. The Labute approximate surface area is 102 Å². The van der Waals surface area contributed by atoms with Crippen LogP contribution < -0.4 is 16.4 Å². The van der Waals surface area contributed by atoms with Crippen LogP contribution in [-0.2, 0) is 4.74 Å². The lowest BCUT2D eigenvalue weighted by Gasteiger charge is -2.29. The van der Waals surface area contributed by atoms with Gasteiger partial charge in [-0.05, 0) is 13.0 Å². The van der Waals surface area contributed by atoms with E-state index in [1.54, 1.807) is 7.11 Å². The van der Waals surface area contributed by atoms with Gasteiger partial charge in [-0.1, -0.05) is 0 Å². The molecule has 0 aliphatic carbocycles. The molecule has 0 spiro atoms. The lowest BCUT2D eigenvalue weighted by molar-refractivity contribution is 0.107. The minimum atomic E-state index is 0.155. The fourth-order valence-corrected chi connectivity index (χ4v) is 1.90. The Morgan fingerprint density at radius 1 is 1.71 bits per heavy atom. The van der Waals surface area contributed by atoms with Crippen LogP contribution in [-0.4, -0.2) is 49.2 Å². The Bertz CT molecular complexity index is 336. The number of hydrogen-bond donors (Lipinski definition) is 3. The number of aromatic nitrogens is 2. The van der Waals surface area contributed by atoms with Gasteiger partial charge in [-0.3, -0.25) is 0 Å². The summed E-state index contributed by atoms with van der Waals surface area (Å²) >= 11 is 0. The van der Waals surface area contributed by atoms with Crippen molar-refractivity contribution in [2.45, 2.75) is 18.6 Å². The van der Waals surface area contributed by atoms with E-state index in [2.05, 4.69) is 15.7 Å². The number of hydrogen-bond acceptors (Lipinski definition) is 5. The van der Waals surface area contributed by atoms with Crippen molar-refractivity contribution in [1.82, 2.24) is 15.1 Å². The van der Waals surface area contributed by atoms with Gasteiger partial charge in [-0.15, -0.1) is 0 Å². The highest BCUT2D eigenvalue weighted by Crippen LogP contribution is 2.17. The molecule has 0 amide bonds. The SMILES string of the molecule is COC(CCN)CNc1ccnn1C1CNC1. The van der Waals surface area contributed by atoms with E-state index < -0.39 is 0 Å². The summed E-state index contributed by atoms with van der Waals surface area (Å²) in [5, 5.41) is 11.0. The topological polar surface area (TPSA) is 77.1 Å². The molecule has 1 aliphatic heterocycles. The molecule has 2 heterocycles. The number of nitrogens with one attached hydrogen (secondary N) is 2. The van der Waals surface area contributed by atoms with E-state index in [1.807, 2.05) is 16.9 Å². The Kier molecular flexibility index (Phi) is 4.36. The van der Waals surface area contributed by atoms with Gasteiger partial charge in [0.2, 0.25) is 0 Å². The molecule has 1 aromatic heterocycles. The second-order valence-corrected chi connectivity index (χ2v) is 4.29. The molecule has 1 aromatic rings. The molecule has 1 fully saturated rings. The normalized spacial score (nSPS) is 17.8. The summed E-state index contributed by atoms with van der Waals surface area (Å²) in [6.07, 6.45) is 2.84. The predicted octanol–water partition coefficient (Wildman–Crippen LogP) is -0.197. The first-order chi connectivity index (χ1) is 8.35. The van der Waals surface area contributed by atoms with Gasteiger partial charge in [0, 0.05) is 32.8 Å². The summed E-state index contributed by atoms with van der Waals surface area (Å²) in [5.74, 6) is 1.05. The number of ether oxygens (including phenoxy) is 1. The summed E-state index contributed by atoms with van der Waals surface area (Å²) in [6.45, 7) is 3.39. The molecular weight excluding hydrogens is 218 g/mol. The smallest absolute Gasteiger partial charge is 0.124 e. The van der Waals surface area contributed by atoms with Gasteiger partial charge in [0.1, 0.15) is 5.82 Å². The summed E-state index contributed by atoms with van der Waals surface area (Å²) in [5.41, 5.74) is 5.53. The third kappa shape index (κ3) is 2.96. The molecule has 0 aromatic carbocycles. The van der Waals surface area contributed by atoms with Crippen LogP contribution in [0.2, 0.25) is 0 Å². The highest BCUT2D eigenvalue weighted by atomic mass is 16.5. The van der Waals surface area contributed by atoms with Crippen LogP contribution in [0.1, 0.15) is 12.5 Å². The number of methoxy groups -OCH3 is 1. The zero-order valence-electron chi connectivity index (χ0n) is 10.2. The fourth-order valence-electron chi connectivity index (χ4n) is 1.90. The summed E-state index contributed by atoms with van der Waals surface area (Å²) in [4.78, 5) is 0. The average Bonchev–Trinajstić information content (AvgIpc) is 2.70. The zero-order chi connectivity index (χ0) is 12.1. The van der Waals surface area contributed by atoms with E-state index in [-0.39, 0.29) is 6.10 Å². The van der Waals surface area contributed by atoms with Crippen LogP contribution in [0.3, 0.4) is 0 Å². The van der Waals surface area contributed by atoms with E-state index in [4.69, 9.17) is 10.5 Å². The Morgan fingerprint density at radius 2 is 2.53 bits per heavy atom. The second-order valence-electron chi connectivity index (χ2n) is 4.29. The molecule has 4 N–H and O–H groups in total. The maximum Gasteiger partial charge on any atom is 0.124 e. The highest BCUT2D eigenvalue weighted by molar-refractivity contribution is 5.35. The van der Waals surface area contributed by atoms with Crippen molar-refractivity contribution in [3.63, 3.8) is 0 Å². The zero-order valence-corrected chi connectivity index (χ0v) is 10.2. The molecular formula is C11H21N5O. The summed E-state index contributed by atoms with van der Waals surface area (Å²) in [7, 11) is 1.72. The molecule has 2 rings (SSSR count). The first-order valence-corrected chi connectivity index (χ1v) is 6.06. The van der Waals surface area contributed by atoms with Crippen molar-refractivity contribution in [1.29, 1.82) is 0 Å². The molecule has 1 aliphatic rings. The van der Waals surface area contributed by atoms with Crippen molar-refractivity contribution in [2.75, 3.05) is 38.6 Å². The summed E-state index contributed by atoms with van der Waals surface area (Å²) < 4.78 is 7.38. The molecule has 0 bridgehead atoms. The second kappa shape index (κ2) is 6.00.